The molecule has 0 radical (unpaired) electrons. The van der Waals surface area contributed by atoms with E-state index in [-0.39, 0.29) is 24.9 Å². The van der Waals surface area contributed by atoms with Crippen LogP contribution in [-0.4, -0.2) is 40.2 Å². The topological polar surface area (TPSA) is 57.6 Å². The Bertz CT molecular complexity index is 462. The number of thioether (sulfide) groups is 1. The first-order valence-corrected chi connectivity index (χ1v) is 8.07. The number of carbonyl (C=O) groups is 2. The predicted octanol–water partition coefficient (Wildman–Crippen LogP) is 3.25. The molecule has 6 heteroatoms. The molecule has 1 rings (SSSR count). The standard InChI is InChI=1S/C14H18BrNO3S/c1-10(2)16(8-7-14(18)19)13(17)9-20-12-5-3-11(15)4-6-12/h3-6,10H,7-9H2,1-2H3,(H,18,19). The third kappa shape index (κ3) is 5.96. The van der Waals surface area contributed by atoms with Crippen LogP contribution >= 0.6 is 27.7 Å². The highest BCUT2D eigenvalue weighted by Gasteiger charge is 2.17. The summed E-state index contributed by atoms with van der Waals surface area (Å²) in [7, 11) is 0. The number of rotatable bonds is 7. The number of nitrogens with zero attached hydrogens (tertiary/aromatic N) is 1. The van der Waals surface area contributed by atoms with Crippen LogP contribution in [0.5, 0.6) is 0 Å². The Morgan fingerprint density at radius 2 is 1.90 bits per heavy atom. The summed E-state index contributed by atoms with van der Waals surface area (Å²) >= 11 is 4.82. The fourth-order valence-corrected chi connectivity index (χ4v) is 2.69. The lowest BCUT2D eigenvalue weighted by Gasteiger charge is -2.26. The fourth-order valence-electron chi connectivity index (χ4n) is 1.65. The number of halogens is 1. The van der Waals surface area contributed by atoms with Gasteiger partial charge in [-0.3, -0.25) is 9.59 Å². The summed E-state index contributed by atoms with van der Waals surface area (Å²) in [4.78, 5) is 25.4. The van der Waals surface area contributed by atoms with E-state index in [2.05, 4.69) is 15.9 Å². The van der Waals surface area contributed by atoms with Crippen molar-refractivity contribution in [3.05, 3.63) is 28.7 Å². The first-order chi connectivity index (χ1) is 9.40. The second-order valence-electron chi connectivity index (χ2n) is 4.57. The number of amides is 1. The van der Waals surface area contributed by atoms with Gasteiger partial charge < -0.3 is 10.0 Å². The maximum absolute atomic E-state index is 12.1. The number of carboxylic acids is 1. The Kier molecular flexibility index (Phi) is 7.09. The lowest BCUT2D eigenvalue weighted by atomic mass is 10.3. The van der Waals surface area contributed by atoms with Gasteiger partial charge in [-0.05, 0) is 38.1 Å². The zero-order valence-electron chi connectivity index (χ0n) is 11.5. The molecule has 0 aliphatic carbocycles. The Morgan fingerprint density at radius 3 is 2.40 bits per heavy atom. The van der Waals surface area contributed by atoms with Gasteiger partial charge in [0.2, 0.25) is 5.91 Å². The molecule has 4 nitrogen and oxygen atoms in total. The molecule has 20 heavy (non-hydrogen) atoms. The summed E-state index contributed by atoms with van der Waals surface area (Å²) in [5.74, 6) is -0.599. The van der Waals surface area contributed by atoms with Crippen molar-refractivity contribution in [1.82, 2.24) is 4.90 Å². The summed E-state index contributed by atoms with van der Waals surface area (Å²) in [5.41, 5.74) is 0. The van der Waals surface area contributed by atoms with Gasteiger partial charge in [0, 0.05) is 22.0 Å². The molecule has 0 spiro atoms. The highest BCUT2D eigenvalue weighted by molar-refractivity contribution is 9.10. The summed E-state index contributed by atoms with van der Waals surface area (Å²) in [5, 5.41) is 8.71. The first-order valence-electron chi connectivity index (χ1n) is 6.29. The summed E-state index contributed by atoms with van der Waals surface area (Å²) in [6.45, 7) is 4.04. The Hall–Kier alpha value is -1.01. The van der Waals surface area contributed by atoms with Crippen molar-refractivity contribution in [1.29, 1.82) is 0 Å². The molecule has 0 saturated heterocycles. The van der Waals surface area contributed by atoms with E-state index in [1.807, 2.05) is 38.1 Å². The van der Waals surface area contributed by atoms with E-state index in [1.165, 1.54) is 11.8 Å². The second kappa shape index (κ2) is 8.32. The van der Waals surface area contributed by atoms with Crippen LogP contribution in [0.4, 0.5) is 0 Å². The molecule has 0 atom stereocenters. The molecular formula is C14H18BrNO3S. The van der Waals surface area contributed by atoms with Crippen molar-refractivity contribution in [3.8, 4) is 0 Å². The average Bonchev–Trinajstić information content (AvgIpc) is 2.37. The van der Waals surface area contributed by atoms with Gasteiger partial charge >= 0.3 is 5.97 Å². The van der Waals surface area contributed by atoms with Gasteiger partial charge in [0.05, 0.1) is 12.2 Å². The van der Waals surface area contributed by atoms with Crippen LogP contribution in [-0.2, 0) is 9.59 Å². The Morgan fingerprint density at radius 1 is 1.30 bits per heavy atom. The Balaban J connectivity index is 2.53. The number of carboxylic acid groups (broad SMARTS) is 1. The maximum Gasteiger partial charge on any atom is 0.305 e. The van der Waals surface area contributed by atoms with E-state index in [0.29, 0.717) is 5.75 Å². The normalized spacial score (nSPS) is 10.6. The van der Waals surface area contributed by atoms with Crippen LogP contribution in [0.3, 0.4) is 0 Å². The zero-order valence-corrected chi connectivity index (χ0v) is 13.9. The SMILES string of the molecule is CC(C)N(CCC(=O)O)C(=O)CSc1ccc(Br)cc1. The highest BCUT2D eigenvalue weighted by Crippen LogP contribution is 2.21. The van der Waals surface area contributed by atoms with Gasteiger partial charge in [0.1, 0.15) is 0 Å². The first kappa shape index (κ1) is 17.0. The third-order valence-corrected chi connectivity index (χ3v) is 4.21. The number of carbonyl (C=O) groups excluding carboxylic acids is 1. The van der Waals surface area contributed by atoms with Gasteiger partial charge in [0.25, 0.3) is 0 Å². The van der Waals surface area contributed by atoms with Crippen molar-refractivity contribution in [2.75, 3.05) is 12.3 Å². The smallest absolute Gasteiger partial charge is 0.305 e. The van der Waals surface area contributed by atoms with Crippen LogP contribution in [0.2, 0.25) is 0 Å². The molecule has 1 N–H and O–H groups in total. The maximum atomic E-state index is 12.1. The van der Waals surface area contributed by atoms with Crippen LogP contribution in [0.15, 0.2) is 33.6 Å². The number of aliphatic carboxylic acids is 1. The average molecular weight is 360 g/mol. The molecule has 1 aromatic carbocycles. The van der Waals surface area contributed by atoms with Gasteiger partial charge in [-0.2, -0.15) is 0 Å². The zero-order chi connectivity index (χ0) is 15.1. The number of hydrogen-bond acceptors (Lipinski definition) is 3. The van der Waals surface area contributed by atoms with Gasteiger partial charge in [-0.15, -0.1) is 11.8 Å². The van der Waals surface area contributed by atoms with Gasteiger partial charge in [-0.1, -0.05) is 15.9 Å². The van der Waals surface area contributed by atoms with Crippen LogP contribution < -0.4 is 0 Å². The molecule has 0 fully saturated rings. The molecule has 110 valence electrons. The van der Waals surface area contributed by atoms with E-state index in [0.717, 1.165) is 9.37 Å². The molecular weight excluding hydrogens is 342 g/mol. The monoisotopic (exact) mass is 359 g/mol. The summed E-state index contributed by atoms with van der Waals surface area (Å²) < 4.78 is 0.999. The predicted molar refractivity (Wildman–Crippen MR) is 84.0 cm³/mol. The van der Waals surface area contributed by atoms with Crippen LogP contribution in [0.25, 0.3) is 0 Å². The van der Waals surface area contributed by atoms with E-state index in [9.17, 15) is 9.59 Å². The summed E-state index contributed by atoms with van der Waals surface area (Å²) in [6, 6.07) is 7.75. The minimum atomic E-state index is -0.885. The van der Waals surface area contributed by atoms with E-state index < -0.39 is 5.97 Å². The molecule has 1 aromatic rings. The minimum absolute atomic E-state index is 0.00682. The van der Waals surface area contributed by atoms with Crippen molar-refractivity contribution in [3.63, 3.8) is 0 Å². The van der Waals surface area contributed by atoms with Gasteiger partial charge in [-0.25, -0.2) is 0 Å². The van der Waals surface area contributed by atoms with Crippen LogP contribution in [0, 0.1) is 0 Å². The fraction of sp³-hybridized carbons (Fsp3) is 0.429. The van der Waals surface area contributed by atoms with E-state index >= 15 is 0 Å². The highest BCUT2D eigenvalue weighted by atomic mass is 79.9. The van der Waals surface area contributed by atoms with E-state index in [1.54, 1.807) is 4.90 Å². The second-order valence-corrected chi connectivity index (χ2v) is 6.53. The van der Waals surface area contributed by atoms with Crippen LogP contribution in [0.1, 0.15) is 20.3 Å². The molecule has 0 aliphatic heterocycles. The molecule has 0 unspecified atom stereocenters. The molecule has 1 amide bonds. The molecule has 0 bridgehead atoms. The lowest BCUT2D eigenvalue weighted by Crippen LogP contribution is -2.39. The molecule has 0 heterocycles. The molecule has 0 saturated carbocycles. The number of benzene rings is 1. The Labute approximate surface area is 131 Å². The number of hydrogen-bond donors (Lipinski definition) is 1. The van der Waals surface area contributed by atoms with Crippen molar-refractivity contribution < 1.29 is 14.7 Å². The third-order valence-electron chi connectivity index (χ3n) is 2.69. The quantitative estimate of drug-likeness (QED) is 0.759. The van der Waals surface area contributed by atoms with Gasteiger partial charge in [0.15, 0.2) is 0 Å². The minimum Gasteiger partial charge on any atom is -0.481 e. The van der Waals surface area contributed by atoms with Crippen molar-refractivity contribution >= 4 is 39.6 Å². The van der Waals surface area contributed by atoms with Crippen molar-refractivity contribution in [2.45, 2.75) is 31.2 Å². The largest absolute Gasteiger partial charge is 0.481 e. The molecule has 0 aliphatic rings. The lowest BCUT2D eigenvalue weighted by molar-refractivity contribution is -0.138. The van der Waals surface area contributed by atoms with E-state index in [4.69, 9.17) is 5.11 Å². The summed E-state index contributed by atoms with van der Waals surface area (Å²) in [6.07, 6.45) is -0.0210. The van der Waals surface area contributed by atoms with Crippen molar-refractivity contribution in [2.24, 2.45) is 0 Å². The molecule has 0 aromatic heterocycles.